The van der Waals surface area contributed by atoms with E-state index in [2.05, 4.69) is 35.0 Å². The summed E-state index contributed by atoms with van der Waals surface area (Å²) in [5.41, 5.74) is 0. The van der Waals surface area contributed by atoms with Crippen molar-refractivity contribution in [2.24, 2.45) is 0 Å². The molecule has 2 unspecified atom stereocenters. The molecule has 25 heavy (non-hydrogen) atoms. The minimum absolute atomic E-state index is 0.186. The molecule has 0 spiro atoms. The Hall–Kier alpha value is 0.0300. The largest absolute Gasteiger partial charge is 0.379 e. The average molecular weight is 383 g/mol. The third-order valence-corrected chi connectivity index (χ3v) is 4.51. The van der Waals surface area contributed by atoms with Crippen LogP contribution in [0.25, 0.3) is 0 Å². The third kappa shape index (κ3) is 18.6. The number of ether oxygens (including phenoxy) is 2. The fraction of sp³-hybridized carbons (Fsp3) is 1.00. The summed E-state index contributed by atoms with van der Waals surface area (Å²) in [5, 5.41) is 0. The van der Waals surface area contributed by atoms with Gasteiger partial charge in [-0.15, -0.1) is 0 Å². The summed E-state index contributed by atoms with van der Waals surface area (Å²) in [6.45, 7) is 7.70. The highest BCUT2D eigenvalue weighted by Crippen LogP contribution is 2.24. The van der Waals surface area contributed by atoms with Gasteiger partial charge in [0.1, 0.15) is 19.3 Å². The summed E-state index contributed by atoms with van der Waals surface area (Å²) >= 11 is 0. The molecular formula is C18H41NO5P+. The first kappa shape index (κ1) is 25.0. The van der Waals surface area contributed by atoms with Gasteiger partial charge in [-0.25, -0.2) is 0 Å². The number of nitrogens with zero attached hydrogens (tertiary/aromatic N) is 1. The van der Waals surface area contributed by atoms with Crippen LogP contribution < -0.4 is 0 Å². The second-order valence-electron chi connectivity index (χ2n) is 7.41. The number of hydrogen-bond donors (Lipinski definition) is 0. The van der Waals surface area contributed by atoms with Gasteiger partial charge in [0.2, 0.25) is 0 Å². The lowest BCUT2D eigenvalue weighted by Gasteiger charge is -2.23. The van der Waals surface area contributed by atoms with Crippen molar-refractivity contribution in [2.75, 3.05) is 60.7 Å². The topological polar surface area (TPSA) is 54.0 Å². The molecule has 0 aromatic heterocycles. The molecular weight excluding hydrogens is 341 g/mol. The van der Waals surface area contributed by atoms with E-state index in [1.165, 1.54) is 12.8 Å². The van der Waals surface area contributed by atoms with Crippen LogP contribution in [0.1, 0.15) is 52.4 Å². The summed E-state index contributed by atoms with van der Waals surface area (Å²) in [6, 6.07) is 0. The van der Waals surface area contributed by atoms with Crippen molar-refractivity contribution in [2.45, 2.75) is 58.5 Å². The summed E-state index contributed by atoms with van der Waals surface area (Å²) in [7, 11) is 3.73. The Morgan fingerprint density at radius 2 is 1.48 bits per heavy atom. The van der Waals surface area contributed by atoms with E-state index in [4.69, 9.17) is 18.5 Å². The first-order chi connectivity index (χ1) is 11.9. The van der Waals surface area contributed by atoms with Crippen molar-refractivity contribution >= 4 is 8.25 Å². The second kappa shape index (κ2) is 16.2. The highest BCUT2D eigenvalue weighted by Gasteiger charge is 2.13. The summed E-state index contributed by atoms with van der Waals surface area (Å²) in [6.07, 6.45) is 6.56. The lowest BCUT2D eigenvalue weighted by molar-refractivity contribution is -0.870. The Bertz CT molecular complexity index is 323. The highest BCUT2D eigenvalue weighted by atomic mass is 31.1. The van der Waals surface area contributed by atoms with E-state index < -0.39 is 8.25 Å². The predicted molar refractivity (Wildman–Crippen MR) is 103 cm³/mol. The molecule has 0 heterocycles. The molecule has 2 atom stereocenters. The Morgan fingerprint density at radius 1 is 0.840 bits per heavy atom. The van der Waals surface area contributed by atoms with Gasteiger partial charge in [-0.3, -0.25) is 4.57 Å². The predicted octanol–water partition coefficient (Wildman–Crippen LogP) is 3.90. The van der Waals surface area contributed by atoms with Crippen molar-refractivity contribution in [3.63, 3.8) is 0 Å². The van der Waals surface area contributed by atoms with Gasteiger partial charge in [0.25, 0.3) is 0 Å². The normalized spacial score (nSPS) is 14.6. The molecule has 0 aliphatic heterocycles. The van der Waals surface area contributed by atoms with Crippen LogP contribution in [0.15, 0.2) is 0 Å². The van der Waals surface area contributed by atoms with Crippen LogP contribution >= 0.6 is 8.25 Å². The van der Waals surface area contributed by atoms with Crippen molar-refractivity contribution in [1.82, 2.24) is 0 Å². The molecule has 7 heteroatoms. The lowest BCUT2D eigenvalue weighted by atomic mass is 10.2. The zero-order chi connectivity index (χ0) is 19.0. The minimum atomic E-state index is -2.48. The molecule has 0 N–H and O–H groups in total. The molecule has 0 aliphatic carbocycles. The quantitative estimate of drug-likeness (QED) is 0.204. The van der Waals surface area contributed by atoms with Crippen LogP contribution in [0.2, 0.25) is 0 Å². The number of rotatable bonds is 18. The molecule has 0 aromatic rings. The van der Waals surface area contributed by atoms with E-state index in [0.717, 1.165) is 43.3 Å². The molecule has 6 nitrogen and oxygen atoms in total. The van der Waals surface area contributed by atoms with Crippen LogP contribution in [0.4, 0.5) is 0 Å². The van der Waals surface area contributed by atoms with Crippen LogP contribution in [0, 0.1) is 0 Å². The first-order valence-corrected chi connectivity index (χ1v) is 10.9. The van der Waals surface area contributed by atoms with Crippen molar-refractivity contribution in [3.8, 4) is 0 Å². The van der Waals surface area contributed by atoms with Gasteiger partial charge in [0.15, 0.2) is 0 Å². The Balaban J connectivity index is 4.02. The summed E-state index contributed by atoms with van der Waals surface area (Å²) < 4.78 is 34.8. The molecule has 0 saturated heterocycles. The number of likely N-dealkylation sites (N-methyl/N-ethyl adjacent to an activating group) is 1. The fourth-order valence-electron chi connectivity index (χ4n) is 2.02. The monoisotopic (exact) mass is 382 g/mol. The molecule has 0 rings (SSSR count). The maximum absolute atomic E-state index is 11.9. The molecule has 0 aliphatic rings. The molecule has 0 fully saturated rings. The number of unbranched alkanes of at least 4 members (excludes halogenated alkanes) is 4. The Morgan fingerprint density at radius 3 is 2.08 bits per heavy atom. The van der Waals surface area contributed by atoms with E-state index in [9.17, 15) is 4.57 Å². The SMILES string of the molecule is CCCCCOCC(CO[PH](=O)OCC[N+](C)(C)C)OCCCCC. The van der Waals surface area contributed by atoms with E-state index in [1.54, 1.807) is 0 Å². The van der Waals surface area contributed by atoms with E-state index in [1.807, 2.05) is 0 Å². The van der Waals surface area contributed by atoms with Gasteiger partial charge in [-0.1, -0.05) is 39.5 Å². The van der Waals surface area contributed by atoms with Gasteiger partial charge >= 0.3 is 8.25 Å². The van der Waals surface area contributed by atoms with Crippen molar-refractivity contribution in [1.29, 1.82) is 0 Å². The highest BCUT2D eigenvalue weighted by molar-refractivity contribution is 7.33. The van der Waals surface area contributed by atoms with Crippen LogP contribution in [0.5, 0.6) is 0 Å². The van der Waals surface area contributed by atoms with Gasteiger partial charge in [-0.05, 0) is 12.8 Å². The molecule has 0 aromatic carbocycles. The standard InChI is InChI=1S/C18H41NO5P/c1-6-8-10-13-21-16-18(22-14-11-9-7-2)17-24-25(20)23-15-12-19(3,4)5/h18,25H,6-17H2,1-5H3/q+1. The van der Waals surface area contributed by atoms with Crippen LogP contribution in [-0.4, -0.2) is 71.3 Å². The number of quaternary nitrogens is 1. The second-order valence-corrected chi connectivity index (χ2v) is 8.48. The first-order valence-electron chi connectivity index (χ1n) is 9.68. The molecule has 0 bridgehead atoms. The van der Waals surface area contributed by atoms with Crippen LogP contribution in [0.3, 0.4) is 0 Å². The minimum Gasteiger partial charge on any atom is -0.379 e. The van der Waals surface area contributed by atoms with E-state index in [0.29, 0.717) is 19.8 Å². The Kier molecular flexibility index (Phi) is 16.2. The fourth-order valence-corrected chi connectivity index (χ4v) is 2.68. The van der Waals surface area contributed by atoms with Gasteiger partial charge in [-0.2, -0.15) is 0 Å². The number of hydrogen-bond acceptors (Lipinski definition) is 5. The summed E-state index contributed by atoms with van der Waals surface area (Å²) in [4.78, 5) is 0. The van der Waals surface area contributed by atoms with Crippen molar-refractivity contribution in [3.05, 3.63) is 0 Å². The maximum Gasteiger partial charge on any atom is 0.319 e. The van der Waals surface area contributed by atoms with Gasteiger partial charge in [0.05, 0.1) is 34.4 Å². The molecule has 152 valence electrons. The van der Waals surface area contributed by atoms with Crippen molar-refractivity contribution < 1.29 is 27.6 Å². The van der Waals surface area contributed by atoms with E-state index in [-0.39, 0.29) is 12.7 Å². The van der Waals surface area contributed by atoms with Crippen LogP contribution in [-0.2, 0) is 23.1 Å². The zero-order valence-corrected chi connectivity index (χ0v) is 18.1. The molecule has 0 saturated carbocycles. The van der Waals surface area contributed by atoms with Gasteiger partial charge in [0, 0.05) is 13.2 Å². The smallest absolute Gasteiger partial charge is 0.319 e. The lowest BCUT2D eigenvalue weighted by Crippen LogP contribution is -2.37. The van der Waals surface area contributed by atoms with E-state index >= 15 is 0 Å². The molecule has 0 amide bonds. The molecule has 0 radical (unpaired) electrons. The average Bonchev–Trinajstić information content (AvgIpc) is 2.54. The summed E-state index contributed by atoms with van der Waals surface area (Å²) in [5.74, 6) is 0. The third-order valence-electron chi connectivity index (χ3n) is 3.67. The Labute approximate surface area is 155 Å². The maximum atomic E-state index is 11.9. The zero-order valence-electron chi connectivity index (χ0n) is 17.1. The van der Waals surface area contributed by atoms with Gasteiger partial charge < -0.3 is 23.0 Å².